The van der Waals surface area contributed by atoms with Gasteiger partial charge in [-0.25, -0.2) is 4.79 Å². The topological polar surface area (TPSA) is 118 Å². The second kappa shape index (κ2) is 13.2. The van der Waals surface area contributed by atoms with Crippen LogP contribution in [0.1, 0.15) is 79.9 Å². The van der Waals surface area contributed by atoms with Gasteiger partial charge in [-0.3, -0.25) is 9.63 Å². The number of ether oxygens (including phenoxy) is 2. The monoisotopic (exact) mass is 533 g/mol. The van der Waals surface area contributed by atoms with Crippen molar-refractivity contribution < 1.29 is 34.1 Å². The molecule has 3 N–H and O–H groups in total. The highest BCUT2D eigenvalue weighted by atomic mass is 16.7. The minimum atomic E-state index is -1.37. The molecule has 2 rings (SSSR count). The largest absolute Gasteiger partial charge is 0.490 e. The van der Waals surface area contributed by atoms with E-state index < -0.39 is 29.6 Å². The first-order valence-corrected chi connectivity index (χ1v) is 13.5. The van der Waals surface area contributed by atoms with E-state index in [0.717, 1.165) is 23.5 Å². The Morgan fingerprint density at radius 3 is 2.29 bits per heavy atom. The average Bonchev–Trinajstić information content (AvgIpc) is 3.63. The van der Waals surface area contributed by atoms with Crippen molar-refractivity contribution in [1.82, 2.24) is 5.48 Å². The van der Waals surface area contributed by atoms with Gasteiger partial charge >= 0.3 is 5.97 Å². The molecular weight excluding hydrogens is 486 g/mol. The van der Waals surface area contributed by atoms with E-state index in [1.165, 1.54) is 6.92 Å². The molecule has 0 amide bonds. The number of carboxylic acid groups (broad SMARTS) is 1. The van der Waals surface area contributed by atoms with Gasteiger partial charge in [-0.05, 0) is 75.0 Å². The van der Waals surface area contributed by atoms with Crippen molar-refractivity contribution in [3.05, 3.63) is 34.9 Å². The standard InChI is InChI=1S/C30H47NO7/c1-18(2)21(12-20-10-11-24(29(4,5)6)26(13-20)37-17-22-16-36-22)14-25(31-38-30(7,8)9)27(33)23(15-32)19(3)28(34)35/h10-11,13,18-19,21-22,25,27,31,33H,12,14,16-17H2,1-9H3,(H,34,35)/t19-,21+,22+,25+,27+/m1/s1. The third-order valence-corrected chi connectivity index (χ3v) is 6.85. The van der Waals surface area contributed by atoms with Crippen molar-refractivity contribution in [2.45, 2.75) is 104 Å². The van der Waals surface area contributed by atoms with E-state index in [9.17, 15) is 19.8 Å². The second-order valence-corrected chi connectivity index (χ2v) is 12.8. The maximum absolute atomic E-state index is 11.7. The molecule has 0 saturated carbocycles. The van der Waals surface area contributed by atoms with Gasteiger partial charge in [0.1, 0.15) is 30.5 Å². The summed E-state index contributed by atoms with van der Waals surface area (Å²) in [6.07, 6.45) is -0.0744. The van der Waals surface area contributed by atoms with E-state index in [1.54, 1.807) is 5.94 Å². The number of nitrogens with one attached hydrogen (secondary N) is 1. The number of aliphatic hydroxyl groups is 1. The summed E-state index contributed by atoms with van der Waals surface area (Å²) in [7, 11) is 0. The van der Waals surface area contributed by atoms with Gasteiger partial charge in [0.05, 0.1) is 29.7 Å². The molecule has 0 aliphatic carbocycles. The molecule has 0 radical (unpaired) electrons. The number of benzene rings is 1. The smallest absolute Gasteiger partial charge is 0.311 e. The second-order valence-electron chi connectivity index (χ2n) is 12.8. The van der Waals surface area contributed by atoms with Crippen molar-refractivity contribution in [3.8, 4) is 5.75 Å². The fourth-order valence-electron chi connectivity index (χ4n) is 4.25. The van der Waals surface area contributed by atoms with Gasteiger partial charge in [-0.1, -0.05) is 46.8 Å². The fraction of sp³-hybridized carbons (Fsp3) is 0.700. The minimum absolute atomic E-state index is 0.0823. The highest BCUT2D eigenvalue weighted by Crippen LogP contribution is 2.35. The van der Waals surface area contributed by atoms with Gasteiger partial charge in [-0.2, -0.15) is 5.48 Å². The molecule has 1 heterocycles. The van der Waals surface area contributed by atoms with Crippen LogP contribution in [0, 0.1) is 17.8 Å². The molecule has 5 atom stereocenters. The van der Waals surface area contributed by atoms with Crippen LogP contribution in [0.25, 0.3) is 0 Å². The number of hydrogen-bond acceptors (Lipinski definition) is 7. The summed E-state index contributed by atoms with van der Waals surface area (Å²) in [6, 6.07) is 5.61. The van der Waals surface area contributed by atoms with Gasteiger partial charge in [0.2, 0.25) is 0 Å². The molecule has 1 saturated heterocycles. The van der Waals surface area contributed by atoms with Gasteiger partial charge in [0, 0.05) is 0 Å². The molecule has 8 heteroatoms. The molecule has 0 spiro atoms. The van der Waals surface area contributed by atoms with E-state index in [1.807, 2.05) is 20.8 Å². The quantitative estimate of drug-likeness (QED) is 0.182. The molecule has 38 heavy (non-hydrogen) atoms. The first kappa shape index (κ1) is 32.0. The highest BCUT2D eigenvalue weighted by Gasteiger charge is 2.34. The molecule has 1 aliphatic rings. The van der Waals surface area contributed by atoms with Crippen molar-refractivity contribution in [2.24, 2.45) is 17.8 Å². The minimum Gasteiger partial charge on any atom is -0.490 e. The van der Waals surface area contributed by atoms with E-state index >= 15 is 0 Å². The lowest BCUT2D eigenvalue weighted by Crippen LogP contribution is -2.47. The van der Waals surface area contributed by atoms with Gasteiger partial charge in [0.25, 0.3) is 0 Å². The maximum atomic E-state index is 11.7. The number of carbonyl (C=O) groups is 1. The Balaban J connectivity index is 2.33. The normalized spacial score (nSPS) is 18.9. The lowest BCUT2D eigenvalue weighted by molar-refractivity contribution is -0.140. The number of hydrogen-bond donors (Lipinski definition) is 3. The molecule has 8 nitrogen and oxygen atoms in total. The van der Waals surface area contributed by atoms with Crippen LogP contribution < -0.4 is 10.2 Å². The van der Waals surface area contributed by atoms with E-state index in [-0.39, 0.29) is 28.9 Å². The highest BCUT2D eigenvalue weighted by molar-refractivity contribution is 5.77. The molecule has 0 aromatic heterocycles. The molecule has 0 bridgehead atoms. The Kier molecular flexibility index (Phi) is 11.1. The van der Waals surface area contributed by atoms with Gasteiger partial charge in [-0.15, -0.1) is 0 Å². The first-order valence-electron chi connectivity index (χ1n) is 13.5. The van der Waals surface area contributed by atoms with Crippen molar-refractivity contribution in [3.63, 3.8) is 0 Å². The molecule has 0 unspecified atom stereocenters. The summed E-state index contributed by atoms with van der Waals surface area (Å²) < 4.78 is 11.5. The molecule has 1 fully saturated rings. The van der Waals surface area contributed by atoms with Crippen LogP contribution in [0.4, 0.5) is 0 Å². The third kappa shape index (κ3) is 9.83. The molecular formula is C30H47NO7. The number of hydroxylamine groups is 1. The number of aliphatic carboxylic acids is 1. The Bertz CT molecular complexity index is 981. The lowest BCUT2D eigenvalue weighted by Gasteiger charge is -2.33. The number of carboxylic acids is 1. The summed E-state index contributed by atoms with van der Waals surface area (Å²) in [4.78, 5) is 29.0. The number of aliphatic hydroxyl groups excluding tert-OH is 1. The summed E-state index contributed by atoms with van der Waals surface area (Å²) in [5.41, 5.74) is 4.31. The van der Waals surface area contributed by atoms with Crippen LogP contribution in [0.5, 0.6) is 5.75 Å². The van der Waals surface area contributed by atoms with Crippen molar-refractivity contribution >= 4 is 11.9 Å². The number of epoxide rings is 1. The van der Waals surface area contributed by atoms with Crippen molar-refractivity contribution in [1.29, 1.82) is 0 Å². The average molecular weight is 534 g/mol. The number of carbonyl (C=O) groups excluding carboxylic acids is 1. The van der Waals surface area contributed by atoms with Gasteiger partial charge in [0.15, 0.2) is 0 Å². The van der Waals surface area contributed by atoms with E-state index in [4.69, 9.17) is 14.3 Å². The third-order valence-electron chi connectivity index (χ3n) is 6.85. The van der Waals surface area contributed by atoms with E-state index in [2.05, 4.69) is 58.3 Å². The summed E-state index contributed by atoms with van der Waals surface area (Å²) in [5, 5.41) is 20.6. The van der Waals surface area contributed by atoms with Crippen LogP contribution in [-0.2, 0) is 31.0 Å². The van der Waals surface area contributed by atoms with Crippen LogP contribution in [-0.4, -0.2) is 59.2 Å². The summed E-state index contributed by atoms with van der Waals surface area (Å²) in [6.45, 7) is 18.9. The lowest BCUT2D eigenvalue weighted by atomic mass is 9.80. The Morgan fingerprint density at radius 1 is 1.18 bits per heavy atom. The Hall–Kier alpha value is -2.22. The van der Waals surface area contributed by atoms with Crippen LogP contribution in [0.2, 0.25) is 0 Å². The Labute approximate surface area is 227 Å². The zero-order chi connectivity index (χ0) is 28.8. The van der Waals surface area contributed by atoms with Crippen LogP contribution in [0.3, 0.4) is 0 Å². The molecule has 214 valence electrons. The SMILES string of the molecule is CC(C)[C@@H](Cc1ccc(C(C)(C)C)c(OC[C@@H]2CO2)c1)C[C@H](NOC(C)(C)C)[C@@H](O)C(=C=O)[C@@H](C)C(=O)O. The van der Waals surface area contributed by atoms with Crippen LogP contribution in [0.15, 0.2) is 23.8 Å². The Morgan fingerprint density at radius 2 is 1.82 bits per heavy atom. The zero-order valence-corrected chi connectivity index (χ0v) is 24.5. The summed E-state index contributed by atoms with van der Waals surface area (Å²) >= 11 is 0. The van der Waals surface area contributed by atoms with Crippen LogP contribution >= 0.6 is 0 Å². The molecule has 1 aliphatic heterocycles. The van der Waals surface area contributed by atoms with Gasteiger partial charge < -0.3 is 19.7 Å². The predicted octanol–water partition coefficient (Wildman–Crippen LogP) is 4.49. The maximum Gasteiger partial charge on any atom is 0.311 e. The molecule has 1 aromatic carbocycles. The molecule has 1 aromatic rings. The predicted molar refractivity (Wildman–Crippen MR) is 147 cm³/mol. The number of rotatable bonds is 14. The first-order chi connectivity index (χ1) is 17.5. The zero-order valence-electron chi connectivity index (χ0n) is 24.5. The van der Waals surface area contributed by atoms with Crippen molar-refractivity contribution in [2.75, 3.05) is 13.2 Å². The van der Waals surface area contributed by atoms with E-state index in [0.29, 0.717) is 19.4 Å². The fourth-order valence-corrected chi connectivity index (χ4v) is 4.25. The summed E-state index contributed by atoms with van der Waals surface area (Å²) in [5.74, 6) is 0.481.